The molecule has 2 amide bonds. The van der Waals surface area contributed by atoms with Gasteiger partial charge in [0.05, 0.1) is 37.4 Å². The third-order valence-electron chi connectivity index (χ3n) is 4.60. The lowest BCUT2D eigenvalue weighted by molar-refractivity contribution is -0.129. The van der Waals surface area contributed by atoms with E-state index in [9.17, 15) is 9.59 Å². The van der Waals surface area contributed by atoms with Crippen molar-refractivity contribution in [2.24, 2.45) is 0 Å². The van der Waals surface area contributed by atoms with Crippen LogP contribution in [0.1, 0.15) is 30.5 Å². The molecule has 1 atom stereocenters. The van der Waals surface area contributed by atoms with E-state index in [1.54, 1.807) is 23.2 Å². The van der Waals surface area contributed by atoms with Crippen molar-refractivity contribution in [1.82, 2.24) is 4.90 Å². The minimum atomic E-state index is -0.390. The quantitative estimate of drug-likeness (QED) is 0.814. The maximum Gasteiger partial charge on any atom is 0.226 e. The van der Waals surface area contributed by atoms with E-state index in [1.165, 1.54) is 21.1 Å². The number of halogens is 1. The van der Waals surface area contributed by atoms with Gasteiger partial charge in [-0.1, -0.05) is 35.9 Å². The van der Waals surface area contributed by atoms with Gasteiger partial charge in [-0.2, -0.15) is 0 Å². The number of nitrogens with one attached hydrogen (secondary N) is 1. The molecule has 6 nitrogen and oxygen atoms in total. The Morgan fingerprint density at radius 3 is 2.54 bits per heavy atom. The Kier molecular flexibility index (Phi) is 5.90. The summed E-state index contributed by atoms with van der Waals surface area (Å²) in [5.41, 5.74) is 2.35. The normalized spacial score (nSPS) is 15.0. The first-order valence-electron chi connectivity index (χ1n) is 8.72. The molecule has 0 fully saturated rings. The molecular weight excluding hydrogens is 380 g/mol. The van der Waals surface area contributed by atoms with Crippen LogP contribution >= 0.6 is 11.6 Å². The van der Waals surface area contributed by atoms with Crippen LogP contribution in [-0.2, 0) is 9.59 Å². The van der Waals surface area contributed by atoms with Crippen molar-refractivity contribution < 1.29 is 19.1 Å². The van der Waals surface area contributed by atoms with Gasteiger partial charge in [-0.05, 0) is 23.3 Å². The number of fused-ring (bicyclic) bond motifs is 1. The van der Waals surface area contributed by atoms with Gasteiger partial charge in [0.1, 0.15) is 11.5 Å². The number of nitrogens with zero attached hydrogens (tertiary/aromatic N) is 1. The lowest BCUT2D eigenvalue weighted by atomic mass is 9.93. The summed E-state index contributed by atoms with van der Waals surface area (Å²) in [4.78, 5) is 26.4. The summed E-state index contributed by atoms with van der Waals surface area (Å²) < 4.78 is 10.5. The third-order valence-corrected chi connectivity index (χ3v) is 4.89. The highest BCUT2D eigenvalue weighted by Crippen LogP contribution is 2.37. The highest BCUT2D eigenvalue weighted by atomic mass is 35.5. The summed E-state index contributed by atoms with van der Waals surface area (Å²) >= 11 is 6.17. The van der Waals surface area contributed by atoms with E-state index in [0.717, 1.165) is 11.1 Å². The molecule has 1 N–H and O–H groups in total. The molecule has 2 aromatic rings. The van der Waals surface area contributed by atoms with E-state index >= 15 is 0 Å². The highest BCUT2D eigenvalue weighted by molar-refractivity contribution is 6.32. The van der Waals surface area contributed by atoms with Crippen LogP contribution in [0, 0.1) is 0 Å². The number of methoxy groups -OCH3 is 2. The first kappa shape index (κ1) is 19.8. The smallest absolute Gasteiger partial charge is 0.226 e. The van der Waals surface area contributed by atoms with Gasteiger partial charge in [0.2, 0.25) is 11.8 Å². The maximum absolute atomic E-state index is 12.8. The lowest BCUT2D eigenvalue weighted by Gasteiger charge is -2.32. The number of amides is 2. The number of carbonyl (C=O) groups excluding carboxylic acids is 2. The maximum atomic E-state index is 12.8. The second-order valence-electron chi connectivity index (χ2n) is 6.33. The average molecular weight is 401 g/mol. The molecule has 1 aliphatic heterocycles. The van der Waals surface area contributed by atoms with Crippen molar-refractivity contribution >= 4 is 35.2 Å². The molecule has 146 valence electrons. The van der Waals surface area contributed by atoms with Crippen molar-refractivity contribution in [1.29, 1.82) is 0 Å². The Balaban J connectivity index is 1.85. The molecule has 0 bridgehead atoms. The Morgan fingerprint density at radius 2 is 1.86 bits per heavy atom. The number of anilines is 1. The van der Waals surface area contributed by atoms with Crippen LogP contribution in [-0.4, -0.2) is 30.9 Å². The average Bonchev–Trinajstić information content (AvgIpc) is 2.68. The van der Waals surface area contributed by atoms with Crippen LogP contribution in [0.2, 0.25) is 5.02 Å². The SMILES string of the molecule is COc1cc(OC)c(NC(=O)C[C@H]2c3ccccc3C=CN2C(C)=O)cc1Cl. The Bertz CT molecular complexity index is 942. The zero-order chi connectivity index (χ0) is 20.3. The number of hydrogen-bond donors (Lipinski definition) is 1. The summed E-state index contributed by atoms with van der Waals surface area (Å²) in [6, 6.07) is 10.5. The molecule has 0 saturated carbocycles. The number of benzene rings is 2. The molecule has 0 aliphatic carbocycles. The van der Waals surface area contributed by atoms with Crippen molar-refractivity contribution in [3.63, 3.8) is 0 Å². The molecule has 0 saturated heterocycles. The summed E-state index contributed by atoms with van der Waals surface area (Å²) in [6.45, 7) is 1.48. The third kappa shape index (κ3) is 3.97. The van der Waals surface area contributed by atoms with Crippen LogP contribution in [0.4, 0.5) is 5.69 Å². The Hall–Kier alpha value is -2.99. The molecule has 1 heterocycles. The summed E-state index contributed by atoms with van der Waals surface area (Å²) in [5.74, 6) is 0.488. The highest BCUT2D eigenvalue weighted by Gasteiger charge is 2.28. The van der Waals surface area contributed by atoms with Gasteiger partial charge >= 0.3 is 0 Å². The molecule has 28 heavy (non-hydrogen) atoms. The van der Waals surface area contributed by atoms with E-state index in [0.29, 0.717) is 22.2 Å². The fourth-order valence-corrected chi connectivity index (χ4v) is 3.49. The van der Waals surface area contributed by atoms with Gasteiger partial charge < -0.3 is 19.7 Å². The van der Waals surface area contributed by atoms with Gasteiger partial charge in [-0.3, -0.25) is 9.59 Å². The van der Waals surface area contributed by atoms with Gasteiger partial charge in [0.25, 0.3) is 0 Å². The molecule has 0 radical (unpaired) electrons. The van der Waals surface area contributed by atoms with Crippen molar-refractivity contribution in [3.05, 3.63) is 58.7 Å². The zero-order valence-electron chi connectivity index (χ0n) is 15.9. The topological polar surface area (TPSA) is 67.9 Å². The predicted molar refractivity (Wildman–Crippen MR) is 109 cm³/mol. The van der Waals surface area contributed by atoms with Gasteiger partial charge in [0, 0.05) is 19.2 Å². The monoisotopic (exact) mass is 400 g/mol. The van der Waals surface area contributed by atoms with Crippen LogP contribution in [0.25, 0.3) is 6.08 Å². The van der Waals surface area contributed by atoms with E-state index in [2.05, 4.69) is 5.32 Å². The summed E-state index contributed by atoms with van der Waals surface area (Å²) in [5, 5.41) is 3.18. The minimum Gasteiger partial charge on any atom is -0.495 e. The second-order valence-corrected chi connectivity index (χ2v) is 6.73. The molecule has 0 unspecified atom stereocenters. The zero-order valence-corrected chi connectivity index (χ0v) is 16.6. The first-order valence-corrected chi connectivity index (χ1v) is 9.09. The fraction of sp³-hybridized carbons (Fsp3) is 0.238. The molecule has 3 rings (SSSR count). The van der Waals surface area contributed by atoms with Gasteiger partial charge in [0.15, 0.2) is 0 Å². The molecule has 1 aliphatic rings. The molecule has 0 spiro atoms. The van der Waals surface area contributed by atoms with Crippen LogP contribution in [0.3, 0.4) is 0 Å². The molecule has 2 aromatic carbocycles. The Labute approximate surface area is 168 Å². The first-order chi connectivity index (χ1) is 13.4. The van der Waals surface area contributed by atoms with E-state index in [4.69, 9.17) is 21.1 Å². The van der Waals surface area contributed by atoms with Gasteiger partial charge in [-0.25, -0.2) is 0 Å². The molecular formula is C21H21ClN2O4. The molecule has 0 aromatic heterocycles. The predicted octanol–water partition coefficient (Wildman–Crippen LogP) is 4.26. The summed E-state index contributed by atoms with van der Waals surface area (Å²) in [7, 11) is 3.00. The lowest BCUT2D eigenvalue weighted by Crippen LogP contribution is -2.33. The second kappa shape index (κ2) is 8.35. The number of rotatable bonds is 5. The van der Waals surface area contributed by atoms with E-state index in [-0.39, 0.29) is 18.2 Å². The van der Waals surface area contributed by atoms with Crippen molar-refractivity contribution in [2.45, 2.75) is 19.4 Å². The largest absolute Gasteiger partial charge is 0.495 e. The van der Waals surface area contributed by atoms with Gasteiger partial charge in [-0.15, -0.1) is 0 Å². The Morgan fingerprint density at radius 1 is 1.14 bits per heavy atom. The van der Waals surface area contributed by atoms with Crippen LogP contribution in [0.5, 0.6) is 11.5 Å². The van der Waals surface area contributed by atoms with E-state index < -0.39 is 6.04 Å². The number of carbonyl (C=O) groups is 2. The standard InChI is InChI=1S/C21H21ClN2O4/c1-13(25)24-9-8-14-6-4-5-7-15(14)18(24)11-21(26)23-17-10-16(22)19(27-2)12-20(17)28-3/h4-10,12,18H,11H2,1-3H3,(H,23,26)/t18-/m0/s1. The molecule has 7 heteroatoms. The fourth-order valence-electron chi connectivity index (χ4n) is 3.25. The number of hydrogen-bond acceptors (Lipinski definition) is 4. The summed E-state index contributed by atoms with van der Waals surface area (Å²) in [6.07, 6.45) is 3.68. The van der Waals surface area contributed by atoms with Crippen LogP contribution < -0.4 is 14.8 Å². The van der Waals surface area contributed by atoms with Crippen LogP contribution in [0.15, 0.2) is 42.6 Å². The minimum absolute atomic E-state index is 0.0910. The van der Waals surface area contributed by atoms with Crippen molar-refractivity contribution in [3.8, 4) is 11.5 Å². The number of ether oxygens (including phenoxy) is 2. The van der Waals surface area contributed by atoms with E-state index in [1.807, 2.05) is 30.3 Å². The van der Waals surface area contributed by atoms with Crippen molar-refractivity contribution in [2.75, 3.05) is 19.5 Å².